The highest BCUT2D eigenvalue weighted by molar-refractivity contribution is 5.47. The lowest BCUT2D eigenvalue weighted by atomic mass is 10.1. The molecule has 0 radical (unpaired) electrons. The van der Waals surface area contributed by atoms with E-state index in [1.165, 1.54) is 0 Å². The molecule has 2 aromatic carbocycles. The van der Waals surface area contributed by atoms with E-state index in [1.54, 1.807) is 6.07 Å². The summed E-state index contributed by atoms with van der Waals surface area (Å²) in [5.74, 6) is 1.37. The highest BCUT2D eigenvalue weighted by atomic mass is 16.5. The normalized spacial score (nSPS) is 11.7. The number of benzene rings is 2. The Morgan fingerprint density at radius 3 is 2.45 bits per heavy atom. The van der Waals surface area contributed by atoms with Gasteiger partial charge in [-0.25, -0.2) is 0 Å². The summed E-state index contributed by atoms with van der Waals surface area (Å²) in [5, 5.41) is 12.5. The van der Waals surface area contributed by atoms with Gasteiger partial charge in [-0.15, -0.1) is 0 Å². The van der Waals surface area contributed by atoms with Gasteiger partial charge in [-0.3, -0.25) is 0 Å². The summed E-state index contributed by atoms with van der Waals surface area (Å²) in [4.78, 5) is 0. The van der Waals surface area contributed by atoms with Gasteiger partial charge < -0.3 is 10.1 Å². The van der Waals surface area contributed by atoms with Crippen molar-refractivity contribution in [1.29, 1.82) is 5.26 Å². The van der Waals surface area contributed by atoms with E-state index < -0.39 is 0 Å². The Morgan fingerprint density at radius 1 is 1.10 bits per heavy atom. The van der Waals surface area contributed by atoms with Crippen LogP contribution in [0.15, 0.2) is 48.5 Å². The highest BCUT2D eigenvalue weighted by Gasteiger charge is 2.12. The quantitative estimate of drug-likeness (QED) is 0.889. The molecule has 0 saturated heterocycles. The second-order valence-electron chi connectivity index (χ2n) is 4.53. The standard InChI is InChI=1S/C17H18N2O/c1-3-19-13(2)15-9-5-7-11-17(15)20-16-10-6-4-8-14(16)12-18/h4-11,13,19H,3H2,1-2H3. The van der Waals surface area contributed by atoms with E-state index in [0.29, 0.717) is 11.3 Å². The van der Waals surface area contributed by atoms with E-state index >= 15 is 0 Å². The maximum absolute atomic E-state index is 9.12. The van der Waals surface area contributed by atoms with Crippen LogP contribution in [0.1, 0.15) is 31.0 Å². The van der Waals surface area contributed by atoms with Crippen LogP contribution in [-0.4, -0.2) is 6.54 Å². The lowest BCUT2D eigenvalue weighted by Crippen LogP contribution is -2.18. The van der Waals surface area contributed by atoms with Gasteiger partial charge in [0.15, 0.2) is 0 Å². The Bertz CT molecular complexity index is 616. The molecule has 102 valence electrons. The van der Waals surface area contributed by atoms with Gasteiger partial charge in [0.05, 0.1) is 5.56 Å². The van der Waals surface area contributed by atoms with Gasteiger partial charge in [-0.05, 0) is 31.7 Å². The minimum absolute atomic E-state index is 0.199. The number of nitrogens with one attached hydrogen (secondary N) is 1. The number of ether oxygens (including phenoxy) is 1. The maximum Gasteiger partial charge on any atom is 0.145 e. The van der Waals surface area contributed by atoms with Crippen LogP contribution in [0.4, 0.5) is 0 Å². The molecule has 0 aliphatic rings. The van der Waals surface area contributed by atoms with E-state index in [4.69, 9.17) is 10.00 Å². The zero-order valence-electron chi connectivity index (χ0n) is 11.8. The topological polar surface area (TPSA) is 45.0 Å². The van der Waals surface area contributed by atoms with Gasteiger partial charge in [0.2, 0.25) is 0 Å². The minimum Gasteiger partial charge on any atom is -0.456 e. The van der Waals surface area contributed by atoms with Crippen LogP contribution in [0.25, 0.3) is 0 Å². The number of rotatable bonds is 5. The third-order valence-corrected chi connectivity index (χ3v) is 3.12. The average Bonchev–Trinajstić information content (AvgIpc) is 2.48. The van der Waals surface area contributed by atoms with Gasteiger partial charge in [-0.2, -0.15) is 5.26 Å². The zero-order chi connectivity index (χ0) is 14.4. The molecule has 1 atom stereocenters. The molecule has 2 aromatic rings. The van der Waals surface area contributed by atoms with Crippen molar-refractivity contribution >= 4 is 0 Å². The van der Waals surface area contributed by atoms with Crippen molar-refractivity contribution in [3.05, 3.63) is 59.7 Å². The summed E-state index contributed by atoms with van der Waals surface area (Å²) in [6.07, 6.45) is 0. The fourth-order valence-electron chi connectivity index (χ4n) is 2.11. The van der Waals surface area contributed by atoms with Gasteiger partial charge in [0.1, 0.15) is 17.6 Å². The van der Waals surface area contributed by atoms with Crippen LogP contribution in [0.3, 0.4) is 0 Å². The molecule has 0 aromatic heterocycles. The Balaban J connectivity index is 2.32. The highest BCUT2D eigenvalue weighted by Crippen LogP contribution is 2.30. The smallest absolute Gasteiger partial charge is 0.145 e. The van der Waals surface area contributed by atoms with Gasteiger partial charge in [-0.1, -0.05) is 37.3 Å². The number of nitriles is 1. The second-order valence-corrected chi connectivity index (χ2v) is 4.53. The lowest BCUT2D eigenvalue weighted by molar-refractivity contribution is 0.462. The fourth-order valence-corrected chi connectivity index (χ4v) is 2.11. The van der Waals surface area contributed by atoms with Crippen LogP contribution in [-0.2, 0) is 0 Å². The number of hydrogen-bond donors (Lipinski definition) is 1. The van der Waals surface area contributed by atoms with Crippen LogP contribution in [0.5, 0.6) is 11.5 Å². The maximum atomic E-state index is 9.12. The summed E-state index contributed by atoms with van der Waals surface area (Å²) < 4.78 is 5.94. The molecule has 0 aliphatic carbocycles. The van der Waals surface area contributed by atoms with Gasteiger partial charge in [0.25, 0.3) is 0 Å². The third-order valence-electron chi connectivity index (χ3n) is 3.12. The monoisotopic (exact) mass is 266 g/mol. The first-order valence-corrected chi connectivity index (χ1v) is 6.75. The lowest BCUT2D eigenvalue weighted by Gasteiger charge is -2.17. The van der Waals surface area contributed by atoms with Crippen molar-refractivity contribution in [2.24, 2.45) is 0 Å². The van der Waals surface area contributed by atoms with Gasteiger partial charge in [0, 0.05) is 11.6 Å². The molecule has 0 aliphatic heterocycles. The fraction of sp³-hybridized carbons (Fsp3) is 0.235. The largest absolute Gasteiger partial charge is 0.456 e. The van der Waals surface area contributed by atoms with E-state index in [0.717, 1.165) is 17.9 Å². The first-order chi connectivity index (χ1) is 9.76. The van der Waals surface area contributed by atoms with Crippen LogP contribution < -0.4 is 10.1 Å². The van der Waals surface area contributed by atoms with Crippen molar-refractivity contribution in [2.45, 2.75) is 19.9 Å². The van der Waals surface area contributed by atoms with Crippen molar-refractivity contribution in [3.8, 4) is 17.6 Å². The molecule has 3 heteroatoms. The van der Waals surface area contributed by atoms with Crippen molar-refractivity contribution < 1.29 is 4.74 Å². The molecule has 0 fully saturated rings. The van der Waals surface area contributed by atoms with E-state index in [9.17, 15) is 0 Å². The third kappa shape index (κ3) is 3.17. The average molecular weight is 266 g/mol. The summed E-state index contributed by atoms with van der Waals surface area (Å²) >= 11 is 0. The SMILES string of the molecule is CCNC(C)c1ccccc1Oc1ccccc1C#N. The summed E-state index contributed by atoms with van der Waals surface area (Å²) in [6.45, 7) is 5.07. The molecule has 0 spiro atoms. The number of nitrogens with zero attached hydrogens (tertiary/aromatic N) is 1. The molecule has 1 unspecified atom stereocenters. The molecule has 0 heterocycles. The van der Waals surface area contributed by atoms with E-state index in [2.05, 4.69) is 25.2 Å². The first-order valence-electron chi connectivity index (χ1n) is 6.75. The van der Waals surface area contributed by atoms with Crippen molar-refractivity contribution in [2.75, 3.05) is 6.54 Å². The molecule has 0 bridgehead atoms. The van der Waals surface area contributed by atoms with Crippen LogP contribution in [0, 0.1) is 11.3 Å². The number of hydrogen-bond acceptors (Lipinski definition) is 3. The van der Waals surface area contributed by atoms with Crippen LogP contribution in [0.2, 0.25) is 0 Å². The molecular weight excluding hydrogens is 248 g/mol. The zero-order valence-corrected chi connectivity index (χ0v) is 11.8. The Kier molecular flexibility index (Phi) is 4.75. The minimum atomic E-state index is 0.199. The summed E-state index contributed by atoms with van der Waals surface area (Å²) in [7, 11) is 0. The summed E-state index contributed by atoms with van der Waals surface area (Å²) in [6, 6.07) is 17.5. The Morgan fingerprint density at radius 2 is 1.75 bits per heavy atom. The molecule has 20 heavy (non-hydrogen) atoms. The van der Waals surface area contributed by atoms with Gasteiger partial charge >= 0.3 is 0 Å². The van der Waals surface area contributed by atoms with E-state index in [-0.39, 0.29) is 6.04 Å². The second kappa shape index (κ2) is 6.74. The van der Waals surface area contributed by atoms with Crippen molar-refractivity contribution in [1.82, 2.24) is 5.32 Å². The Hall–Kier alpha value is -2.31. The molecule has 3 nitrogen and oxygen atoms in total. The van der Waals surface area contributed by atoms with Crippen LogP contribution >= 0.6 is 0 Å². The Labute approximate surface area is 119 Å². The van der Waals surface area contributed by atoms with Crippen molar-refractivity contribution in [3.63, 3.8) is 0 Å². The molecular formula is C17H18N2O. The molecule has 2 rings (SSSR count). The molecule has 0 amide bonds. The predicted octanol–water partition coefficient (Wildman–Crippen LogP) is 4.02. The first kappa shape index (κ1) is 14.1. The predicted molar refractivity (Wildman–Crippen MR) is 79.8 cm³/mol. The molecule has 1 N–H and O–H groups in total. The number of para-hydroxylation sites is 2. The molecule has 0 saturated carbocycles. The summed E-state index contributed by atoms with van der Waals surface area (Å²) in [5.41, 5.74) is 1.63. The van der Waals surface area contributed by atoms with E-state index in [1.807, 2.05) is 42.5 Å².